The molecule has 0 atom stereocenters. The van der Waals surface area contributed by atoms with Crippen molar-refractivity contribution in [3.8, 4) is 0 Å². The number of hydrogen-bond acceptors (Lipinski definition) is 8. The highest BCUT2D eigenvalue weighted by atomic mass is 32.2. The Hall–Kier alpha value is -4.28. The van der Waals surface area contributed by atoms with Gasteiger partial charge in [-0.2, -0.15) is 23.5 Å². The van der Waals surface area contributed by atoms with Crippen molar-refractivity contribution in [1.29, 1.82) is 0 Å². The van der Waals surface area contributed by atoms with Gasteiger partial charge in [-0.1, -0.05) is 55.1 Å². The van der Waals surface area contributed by atoms with Crippen LogP contribution in [0.5, 0.6) is 0 Å². The summed E-state index contributed by atoms with van der Waals surface area (Å²) >= 11 is 3.37. The standard InChI is InChI=1S/C32H32N6O2S2/c1-3-27-23(2)33-31(34-24-12-6-4-7-13-24)37(27)29(39)18-20-41-22-42-21-19-30(40)38-28-17-11-10-16-26(28)36-32(38)35-25-14-8-5-9-15-25/h3-17H,1,18-22H2,2H3,(H,33,34)(H,35,36). The van der Waals surface area contributed by atoms with Crippen LogP contribution in [0.25, 0.3) is 17.1 Å². The predicted molar refractivity (Wildman–Crippen MR) is 177 cm³/mol. The first kappa shape index (κ1) is 29.2. The molecule has 0 bridgehead atoms. The number of carbonyl (C=O) groups excluding carboxylic acids is 2. The fourth-order valence-corrected chi connectivity index (χ4v) is 6.55. The molecule has 10 heteroatoms. The first-order chi connectivity index (χ1) is 20.5. The molecule has 42 heavy (non-hydrogen) atoms. The summed E-state index contributed by atoms with van der Waals surface area (Å²) in [5, 5.41) is 7.32. The molecule has 3 aromatic carbocycles. The van der Waals surface area contributed by atoms with Crippen molar-refractivity contribution in [2.75, 3.05) is 27.2 Å². The number of hydrogen-bond donors (Lipinski definition) is 2. The number of thioether (sulfide) groups is 2. The first-order valence-electron chi connectivity index (χ1n) is 13.6. The van der Waals surface area contributed by atoms with Gasteiger partial charge in [-0.15, -0.1) is 0 Å². The van der Waals surface area contributed by atoms with Gasteiger partial charge in [0.05, 0.1) is 22.4 Å². The molecule has 2 N–H and O–H groups in total. The SMILES string of the molecule is C=Cc1c(C)nc(Nc2ccccc2)n1C(=O)CCSCSCCC(=O)n1c(Nc2ccccc2)nc2ccccc21. The van der Waals surface area contributed by atoms with E-state index in [0.29, 0.717) is 41.9 Å². The summed E-state index contributed by atoms with van der Waals surface area (Å²) in [6, 6.07) is 27.0. The normalized spacial score (nSPS) is 11.0. The molecule has 2 aromatic heterocycles. The molecule has 0 spiro atoms. The predicted octanol–water partition coefficient (Wildman–Crippen LogP) is 7.86. The van der Waals surface area contributed by atoms with Crippen LogP contribution in [0.2, 0.25) is 0 Å². The monoisotopic (exact) mass is 596 g/mol. The third-order valence-corrected chi connectivity index (χ3v) is 8.82. The Labute approximate surface area is 253 Å². The maximum Gasteiger partial charge on any atom is 0.234 e. The molecule has 0 saturated heterocycles. The van der Waals surface area contributed by atoms with Crippen LogP contribution in [0.3, 0.4) is 0 Å². The summed E-state index contributed by atoms with van der Waals surface area (Å²) in [4.78, 5) is 35.7. The van der Waals surface area contributed by atoms with Crippen LogP contribution in [-0.2, 0) is 0 Å². The average Bonchev–Trinajstić information content (AvgIpc) is 3.53. The lowest BCUT2D eigenvalue weighted by atomic mass is 10.3. The summed E-state index contributed by atoms with van der Waals surface area (Å²) in [6.07, 6.45) is 2.40. The number of aryl methyl sites for hydroxylation is 1. The molecule has 5 aromatic rings. The van der Waals surface area contributed by atoms with Crippen molar-refractivity contribution in [3.05, 3.63) is 103 Å². The molecule has 0 fully saturated rings. The van der Waals surface area contributed by atoms with Crippen LogP contribution in [0, 0.1) is 6.92 Å². The highest BCUT2D eigenvalue weighted by Gasteiger charge is 2.19. The highest BCUT2D eigenvalue weighted by molar-refractivity contribution is 8.15. The minimum absolute atomic E-state index is 0.0133. The summed E-state index contributed by atoms with van der Waals surface area (Å²) in [7, 11) is 0. The van der Waals surface area contributed by atoms with E-state index in [0.717, 1.165) is 33.2 Å². The van der Waals surface area contributed by atoms with Crippen molar-refractivity contribution in [2.24, 2.45) is 0 Å². The molecule has 0 saturated carbocycles. The van der Waals surface area contributed by atoms with E-state index < -0.39 is 0 Å². The van der Waals surface area contributed by atoms with Crippen molar-refractivity contribution in [2.45, 2.75) is 19.8 Å². The molecular weight excluding hydrogens is 565 g/mol. The summed E-state index contributed by atoms with van der Waals surface area (Å²) in [6.45, 7) is 5.75. The Balaban J connectivity index is 1.12. The van der Waals surface area contributed by atoms with E-state index in [1.54, 1.807) is 38.7 Å². The lowest BCUT2D eigenvalue weighted by molar-refractivity contribution is 0.0906. The van der Waals surface area contributed by atoms with Crippen LogP contribution < -0.4 is 10.6 Å². The maximum absolute atomic E-state index is 13.3. The zero-order valence-corrected chi connectivity index (χ0v) is 25.0. The van der Waals surface area contributed by atoms with Crippen LogP contribution in [0.4, 0.5) is 23.3 Å². The Kier molecular flexibility index (Phi) is 9.78. The number of fused-ring (bicyclic) bond motifs is 1. The van der Waals surface area contributed by atoms with Gasteiger partial charge in [0.1, 0.15) is 0 Å². The first-order valence-corrected chi connectivity index (χ1v) is 15.9. The minimum Gasteiger partial charge on any atom is -0.325 e. The van der Waals surface area contributed by atoms with Crippen molar-refractivity contribution < 1.29 is 9.59 Å². The second-order valence-corrected chi connectivity index (χ2v) is 12.0. The van der Waals surface area contributed by atoms with Crippen LogP contribution in [0.1, 0.15) is 33.8 Å². The van der Waals surface area contributed by atoms with Crippen molar-refractivity contribution in [1.82, 2.24) is 19.1 Å². The van der Waals surface area contributed by atoms with Gasteiger partial charge in [0.2, 0.25) is 23.7 Å². The molecule has 0 aliphatic rings. The third kappa shape index (κ3) is 6.95. The lowest BCUT2D eigenvalue weighted by Gasteiger charge is -2.11. The summed E-state index contributed by atoms with van der Waals surface area (Å²) < 4.78 is 3.28. The zero-order chi connectivity index (χ0) is 29.3. The van der Waals surface area contributed by atoms with Gasteiger partial charge in [-0.05, 0) is 49.4 Å². The van der Waals surface area contributed by atoms with E-state index in [1.807, 2.05) is 91.9 Å². The number of para-hydroxylation sites is 4. The van der Waals surface area contributed by atoms with Crippen LogP contribution in [0.15, 0.2) is 91.5 Å². The van der Waals surface area contributed by atoms with Gasteiger partial charge in [-0.25, -0.2) is 19.1 Å². The summed E-state index contributed by atoms with van der Waals surface area (Å²) in [5.74, 6) is 2.28. The van der Waals surface area contributed by atoms with E-state index in [-0.39, 0.29) is 11.8 Å². The van der Waals surface area contributed by atoms with E-state index >= 15 is 0 Å². The number of carbonyl (C=O) groups is 2. The smallest absolute Gasteiger partial charge is 0.234 e. The maximum atomic E-state index is 13.3. The number of nitrogens with zero attached hydrogens (tertiary/aromatic N) is 4. The molecule has 214 valence electrons. The molecular formula is C32H32N6O2S2. The molecule has 0 aliphatic heterocycles. The van der Waals surface area contributed by atoms with Gasteiger partial charge >= 0.3 is 0 Å². The molecule has 0 aliphatic carbocycles. The fourth-order valence-electron chi connectivity index (χ4n) is 4.50. The van der Waals surface area contributed by atoms with Gasteiger partial charge in [0, 0.05) is 40.8 Å². The lowest BCUT2D eigenvalue weighted by Crippen LogP contribution is -2.16. The van der Waals surface area contributed by atoms with Crippen LogP contribution in [-0.4, -0.2) is 47.5 Å². The van der Waals surface area contributed by atoms with Gasteiger partial charge < -0.3 is 10.6 Å². The molecule has 0 amide bonds. The minimum atomic E-state index is -0.0398. The molecule has 0 radical (unpaired) electrons. The number of nitrogens with one attached hydrogen (secondary N) is 2. The number of rotatable bonds is 13. The largest absolute Gasteiger partial charge is 0.325 e. The third-order valence-electron chi connectivity index (χ3n) is 6.50. The van der Waals surface area contributed by atoms with E-state index in [9.17, 15) is 9.59 Å². The highest BCUT2D eigenvalue weighted by Crippen LogP contribution is 2.25. The topological polar surface area (TPSA) is 93.8 Å². The molecule has 0 unspecified atom stereocenters. The molecule has 2 heterocycles. The number of benzene rings is 3. The van der Waals surface area contributed by atoms with Gasteiger partial charge in [0.15, 0.2) is 0 Å². The summed E-state index contributed by atoms with van der Waals surface area (Å²) in [5.41, 5.74) is 4.73. The number of anilines is 4. The van der Waals surface area contributed by atoms with Crippen LogP contribution >= 0.6 is 23.5 Å². The Morgan fingerprint density at radius 2 is 1.29 bits per heavy atom. The average molecular weight is 597 g/mol. The van der Waals surface area contributed by atoms with E-state index in [2.05, 4.69) is 27.2 Å². The second-order valence-electron chi connectivity index (χ2n) is 9.41. The van der Waals surface area contributed by atoms with Gasteiger partial charge in [-0.3, -0.25) is 9.59 Å². The number of aromatic nitrogens is 4. The van der Waals surface area contributed by atoms with E-state index in [1.165, 1.54) is 0 Å². The quantitative estimate of drug-likeness (QED) is 0.105. The Morgan fingerprint density at radius 1 is 0.762 bits per heavy atom. The zero-order valence-electron chi connectivity index (χ0n) is 23.3. The molecule has 8 nitrogen and oxygen atoms in total. The Morgan fingerprint density at radius 3 is 1.88 bits per heavy atom. The van der Waals surface area contributed by atoms with Gasteiger partial charge in [0.25, 0.3) is 0 Å². The van der Waals surface area contributed by atoms with E-state index in [4.69, 9.17) is 0 Å². The van der Waals surface area contributed by atoms with Crippen molar-refractivity contribution in [3.63, 3.8) is 0 Å². The number of imidazole rings is 2. The van der Waals surface area contributed by atoms with Crippen molar-refractivity contribution >= 4 is 75.7 Å². The fraction of sp³-hybridized carbons (Fsp3) is 0.188. The Bertz CT molecular complexity index is 1680. The molecule has 5 rings (SSSR count). The second kappa shape index (κ2) is 14.1.